The Kier molecular flexibility index (Phi) is 7.18. The Labute approximate surface area is 155 Å². The predicted octanol–water partition coefficient (Wildman–Crippen LogP) is 4.02. The largest absolute Gasteiger partial charge is 0.360 e. The van der Waals surface area contributed by atoms with Crippen LogP contribution in [0, 0.1) is 6.92 Å². The first-order chi connectivity index (χ1) is 12.0. The molecular formula is C18H22BrN3O3. The second-order valence-electron chi connectivity index (χ2n) is 5.78. The molecule has 0 aliphatic rings. The van der Waals surface area contributed by atoms with Gasteiger partial charge in [0, 0.05) is 17.1 Å². The Morgan fingerprint density at radius 2 is 2.04 bits per heavy atom. The molecule has 0 bridgehead atoms. The van der Waals surface area contributed by atoms with Crippen molar-refractivity contribution in [2.24, 2.45) is 0 Å². The van der Waals surface area contributed by atoms with Crippen molar-refractivity contribution in [3.8, 4) is 0 Å². The van der Waals surface area contributed by atoms with Gasteiger partial charge >= 0.3 is 0 Å². The number of aryl methyl sites for hydroxylation is 1. The van der Waals surface area contributed by atoms with Crippen molar-refractivity contribution in [3.05, 3.63) is 46.1 Å². The van der Waals surface area contributed by atoms with E-state index >= 15 is 0 Å². The molecule has 1 heterocycles. The fourth-order valence-electron chi connectivity index (χ4n) is 2.39. The van der Waals surface area contributed by atoms with Crippen LogP contribution in [-0.2, 0) is 4.79 Å². The van der Waals surface area contributed by atoms with E-state index in [1.54, 1.807) is 30.0 Å². The van der Waals surface area contributed by atoms with Gasteiger partial charge in [-0.3, -0.25) is 9.59 Å². The van der Waals surface area contributed by atoms with Gasteiger partial charge in [-0.2, -0.15) is 0 Å². The number of unbranched alkanes of at least 4 members (excludes halogenated alkanes) is 2. The number of carbonyl (C=O) groups is 2. The number of rotatable bonds is 8. The lowest BCUT2D eigenvalue weighted by molar-refractivity contribution is -0.117. The molecule has 0 unspecified atom stereocenters. The fraction of sp³-hybridized carbons (Fsp3) is 0.389. The van der Waals surface area contributed by atoms with E-state index in [0.717, 1.165) is 19.3 Å². The van der Waals surface area contributed by atoms with Gasteiger partial charge < -0.3 is 14.7 Å². The van der Waals surface area contributed by atoms with Gasteiger partial charge in [-0.15, -0.1) is 0 Å². The SMILES string of the molecule is CCCCCN(CC(=O)Nc1cc(C)on1)C(=O)c1ccccc1Br. The third-order valence-electron chi connectivity index (χ3n) is 3.65. The number of anilines is 1. The molecule has 7 heteroatoms. The molecule has 6 nitrogen and oxygen atoms in total. The molecule has 0 radical (unpaired) electrons. The quantitative estimate of drug-likeness (QED) is 0.670. The van der Waals surface area contributed by atoms with Crippen LogP contribution in [-0.4, -0.2) is 35.0 Å². The normalized spacial score (nSPS) is 10.5. The molecule has 1 aromatic carbocycles. The Hall–Kier alpha value is -2.15. The summed E-state index contributed by atoms with van der Waals surface area (Å²) in [6, 6.07) is 8.85. The summed E-state index contributed by atoms with van der Waals surface area (Å²) in [5.74, 6) is 0.490. The minimum Gasteiger partial charge on any atom is -0.360 e. The number of hydrogen-bond acceptors (Lipinski definition) is 4. The van der Waals surface area contributed by atoms with Gasteiger partial charge in [0.2, 0.25) is 5.91 Å². The number of halogens is 1. The molecule has 134 valence electrons. The van der Waals surface area contributed by atoms with Gasteiger partial charge in [-0.25, -0.2) is 0 Å². The predicted molar refractivity (Wildman–Crippen MR) is 99.4 cm³/mol. The minimum absolute atomic E-state index is 0.0320. The van der Waals surface area contributed by atoms with Gasteiger partial charge in [0.15, 0.2) is 5.82 Å². The van der Waals surface area contributed by atoms with Crippen LogP contribution in [0.3, 0.4) is 0 Å². The van der Waals surface area contributed by atoms with Crippen molar-refractivity contribution < 1.29 is 14.1 Å². The van der Waals surface area contributed by atoms with Gasteiger partial charge in [-0.05, 0) is 41.4 Å². The summed E-state index contributed by atoms with van der Waals surface area (Å²) in [5.41, 5.74) is 0.545. The van der Waals surface area contributed by atoms with Crippen LogP contribution >= 0.6 is 15.9 Å². The highest BCUT2D eigenvalue weighted by Gasteiger charge is 2.20. The van der Waals surface area contributed by atoms with Crippen LogP contribution in [0.25, 0.3) is 0 Å². The maximum absolute atomic E-state index is 12.8. The molecule has 1 aromatic heterocycles. The molecule has 1 N–H and O–H groups in total. The topological polar surface area (TPSA) is 75.4 Å². The van der Waals surface area contributed by atoms with Crippen molar-refractivity contribution in [2.45, 2.75) is 33.1 Å². The van der Waals surface area contributed by atoms with Gasteiger partial charge in [0.25, 0.3) is 5.91 Å². The Morgan fingerprint density at radius 1 is 1.28 bits per heavy atom. The van der Waals surface area contributed by atoms with Crippen molar-refractivity contribution in [1.82, 2.24) is 10.1 Å². The number of nitrogens with zero attached hydrogens (tertiary/aromatic N) is 2. The molecule has 0 atom stereocenters. The van der Waals surface area contributed by atoms with E-state index in [1.165, 1.54) is 0 Å². The van der Waals surface area contributed by atoms with Crippen LogP contribution < -0.4 is 5.32 Å². The van der Waals surface area contributed by atoms with Crippen LogP contribution in [0.4, 0.5) is 5.82 Å². The standard InChI is InChI=1S/C18H22BrN3O3/c1-3-4-7-10-22(18(24)14-8-5-6-9-15(14)19)12-17(23)20-16-11-13(2)25-21-16/h5-6,8-9,11H,3-4,7,10,12H2,1-2H3,(H,20,21,23). The number of benzene rings is 1. The molecule has 2 rings (SSSR count). The summed E-state index contributed by atoms with van der Waals surface area (Å²) in [4.78, 5) is 26.7. The lowest BCUT2D eigenvalue weighted by atomic mass is 10.1. The average Bonchev–Trinajstić information content (AvgIpc) is 2.98. The van der Waals surface area contributed by atoms with E-state index in [0.29, 0.717) is 28.2 Å². The van der Waals surface area contributed by atoms with E-state index in [4.69, 9.17) is 4.52 Å². The summed E-state index contributed by atoms with van der Waals surface area (Å²) in [5, 5.41) is 6.39. The number of hydrogen-bond donors (Lipinski definition) is 1. The highest BCUT2D eigenvalue weighted by atomic mass is 79.9. The highest BCUT2D eigenvalue weighted by Crippen LogP contribution is 2.18. The first-order valence-electron chi connectivity index (χ1n) is 8.28. The minimum atomic E-state index is -0.301. The molecule has 0 saturated carbocycles. The monoisotopic (exact) mass is 407 g/mol. The third-order valence-corrected chi connectivity index (χ3v) is 4.34. The smallest absolute Gasteiger partial charge is 0.255 e. The van der Waals surface area contributed by atoms with Crippen molar-refractivity contribution in [1.29, 1.82) is 0 Å². The van der Waals surface area contributed by atoms with Crippen LogP contribution in [0.2, 0.25) is 0 Å². The fourth-order valence-corrected chi connectivity index (χ4v) is 2.85. The maximum atomic E-state index is 12.8. The molecule has 25 heavy (non-hydrogen) atoms. The number of aromatic nitrogens is 1. The second kappa shape index (κ2) is 9.36. The highest BCUT2D eigenvalue weighted by molar-refractivity contribution is 9.10. The van der Waals surface area contributed by atoms with Crippen molar-refractivity contribution in [2.75, 3.05) is 18.4 Å². The van der Waals surface area contributed by atoms with E-state index < -0.39 is 0 Å². The van der Waals surface area contributed by atoms with E-state index in [9.17, 15) is 9.59 Å². The molecule has 0 aliphatic heterocycles. The van der Waals surface area contributed by atoms with Crippen LogP contribution in [0.5, 0.6) is 0 Å². The zero-order chi connectivity index (χ0) is 18.2. The second-order valence-corrected chi connectivity index (χ2v) is 6.64. The zero-order valence-electron chi connectivity index (χ0n) is 14.4. The maximum Gasteiger partial charge on any atom is 0.255 e. The first kappa shape index (κ1) is 19.2. The molecule has 0 saturated heterocycles. The van der Waals surface area contributed by atoms with Gasteiger partial charge in [-0.1, -0.05) is 37.1 Å². The third kappa shape index (κ3) is 5.70. The number of nitrogens with one attached hydrogen (secondary N) is 1. The van der Waals surface area contributed by atoms with E-state index in [2.05, 4.69) is 33.3 Å². The van der Waals surface area contributed by atoms with Crippen molar-refractivity contribution in [3.63, 3.8) is 0 Å². The summed E-state index contributed by atoms with van der Waals surface area (Å²) in [6.45, 7) is 4.34. The zero-order valence-corrected chi connectivity index (χ0v) is 16.0. The van der Waals surface area contributed by atoms with Crippen LogP contribution in [0.15, 0.2) is 39.3 Å². The Morgan fingerprint density at radius 3 is 2.68 bits per heavy atom. The summed E-state index contributed by atoms with van der Waals surface area (Å²) in [6.07, 6.45) is 2.90. The Balaban J connectivity index is 2.07. The molecule has 0 aliphatic carbocycles. The summed E-state index contributed by atoms with van der Waals surface area (Å²) in [7, 11) is 0. The summed E-state index contributed by atoms with van der Waals surface area (Å²) >= 11 is 3.40. The molecular weight excluding hydrogens is 386 g/mol. The van der Waals surface area contributed by atoms with Crippen molar-refractivity contribution >= 4 is 33.6 Å². The van der Waals surface area contributed by atoms with Gasteiger partial charge in [0.1, 0.15) is 12.3 Å². The van der Waals surface area contributed by atoms with Gasteiger partial charge in [0.05, 0.1) is 5.56 Å². The lowest BCUT2D eigenvalue weighted by Gasteiger charge is -2.22. The molecule has 2 aromatic rings. The van der Waals surface area contributed by atoms with E-state index in [-0.39, 0.29) is 18.4 Å². The summed E-state index contributed by atoms with van der Waals surface area (Å²) < 4.78 is 5.65. The molecule has 2 amide bonds. The molecule has 0 fully saturated rings. The number of carbonyl (C=O) groups excluding carboxylic acids is 2. The van der Waals surface area contributed by atoms with E-state index in [1.807, 2.05) is 12.1 Å². The molecule has 0 spiro atoms. The number of amides is 2. The average molecular weight is 408 g/mol. The Bertz CT molecular complexity index is 730. The first-order valence-corrected chi connectivity index (χ1v) is 9.07. The lowest BCUT2D eigenvalue weighted by Crippen LogP contribution is -2.39. The van der Waals surface area contributed by atoms with Crippen LogP contribution in [0.1, 0.15) is 42.3 Å².